The van der Waals surface area contributed by atoms with Gasteiger partial charge in [-0.05, 0) is 80.3 Å². The molecule has 2 unspecified atom stereocenters. The number of carbonyl (C=O) groups is 1. The van der Waals surface area contributed by atoms with E-state index >= 15 is 0 Å². The molecule has 6 nitrogen and oxygen atoms in total. The number of hydrogen-bond donors (Lipinski definition) is 1. The molecule has 5 atom stereocenters. The maximum absolute atomic E-state index is 14.1. The molecule has 7 rings (SSSR count). The van der Waals surface area contributed by atoms with Crippen molar-refractivity contribution >= 4 is 12.0 Å². The van der Waals surface area contributed by atoms with Gasteiger partial charge in [-0.1, -0.05) is 80.1 Å². The largest absolute Gasteiger partial charge is 0.493 e. The van der Waals surface area contributed by atoms with Crippen LogP contribution in [0.2, 0.25) is 0 Å². The summed E-state index contributed by atoms with van der Waals surface area (Å²) in [6.45, 7) is 8.80. The highest BCUT2D eigenvalue weighted by Gasteiger charge is 2.73. The van der Waals surface area contributed by atoms with Gasteiger partial charge in [-0.3, -0.25) is 9.69 Å². The number of likely N-dealkylation sites (tertiary alicyclic amines) is 1. The maximum atomic E-state index is 14.1. The monoisotopic (exact) mass is 606 g/mol. The number of carbonyl (C=O) groups excluding carboxylic acids is 1. The van der Waals surface area contributed by atoms with Crippen LogP contribution in [0.5, 0.6) is 11.5 Å². The van der Waals surface area contributed by atoms with Crippen LogP contribution in [0.15, 0.2) is 72.8 Å². The summed E-state index contributed by atoms with van der Waals surface area (Å²) in [5, 5.41) is 13.1. The Labute approximate surface area is 267 Å². The molecule has 6 heteroatoms. The summed E-state index contributed by atoms with van der Waals surface area (Å²) in [6, 6.07) is 22.9. The Kier molecular flexibility index (Phi) is 7.77. The average Bonchev–Trinajstić information content (AvgIpc) is 3.38. The van der Waals surface area contributed by atoms with Gasteiger partial charge in [0.2, 0.25) is 5.91 Å². The highest BCUT2D eigenvalue weighted by Crippen LogP contribution is 2.66. The summed E-state index contributed by atoms with van der Waals surface area (Å²) >= 11 is 0. The van der Waals surface area contributed by atoms with Crippen LogP contribution in [0.3, 0.4) is 0 Å². The lowest BCUT2D eigenvalue weighted by molar-refractivity contribution is -0.201. The van der Waals surface area contributed by atoms with Crippen molar-refractivity contribution in [2.45, 2.75) is 82.1 Å². The van der Waals surface area contributed by atoms with E-state index in [2.05, 4.69) is 74.2 Å². The number of hydrogen-bond acceptors (Lipinski definition) is 5. The second-order valence-corrected chi connectivity index (χ2v) is 14.0. The van der Waals surface area contributed by atoms with Gasteiger partial charge in [0, 0.05) is 30.8 Å². The standard InChI is InChI=1S/C39H46N2O4/c1-26(2)25-41(34(42)16-13-29-12-8-9-27(3)23-29)31-17-19-39(43)33-24-30-14-15-32(44-4)36-35(30)38(39,37(31)45-36)20-22-40(33)21-18-28-10-6-5-7-11-28/h5-16,23,26,31,33,37,43H,17-22,24-25H2,1-4H3/b16-13+/t31?,33-,37?,38+,39-/m1/s1. The normalized spacial score (nSPS) is 28.2. The van der Waals surface area contributed by atoms with Crippen molar-refractivity contribution in [3.8, 4) is 11.5 Å². The number of aliphatic hydroxyl groups is 1. The summed E-state index contributed by atoms with van der Waals surface area (Å²) < 4.78 is 12.9. The number of aryl methyl sites for hydroxylation is 1. The Morgan fingerprint density at radius 1 is 1.13 bits per heavy atom. The highest BCUT2D eigenvalue weighted by molar-refractivity contribution is 5.92. The Balaban J connectivity index is 1.26. The van der Waals surface area contributed by atoms with Crippen molar-refractivity contribution in [3.05, 3.63) is 101 Å². The van der Waals surface area contributed by atoms with Gasteiger partial charge < -0.3 is 19.5 Å². The SMILES string of the molecule is COc1ccc2c3c1OC1C(N(CC(C)C)C(=O)/C=C/c4cccc(C)c4)CC[C@@]4(O)[C@@H](C2)N(CCc2ccccc2)CC[C@]314. The minimum absolute atomic E-state index is 0.00329. The highest BCUT2D eigenvalue weighted by atomic mass is 16.5. The Bertz CT molecular complexity index is 1600. The predicted octanol–water partition coefficient (Wildman–Crippen LogP) is 5.97. The Hall–Kier alpha value is -3.61. The number of piperidine rings is 1. The van der Waals surface area contributed by atoms with E-state index in [9.17, 15) is 9.90 Å². The van der Waals surface area contributed by atoms with Crippen LogP contribution >= 0.6 is 0 Å². The van der Waals surface area contributed by atoms with E-state index in [4.69, 9.17) is 9.47 Å². The number of methoxy groups -OCH3 is 1. The van der Waals surface area contributed by atoms with E-state index in [0.29, 0.717) is 25.1 Å². The fourth-order valence-electron chi connectivity index (χ4n) is 9.08. The van der Waals surface area contributed by atoms with Gasteiger partial charge in [-0.2, -0.15) is 0 Å². The first-order chi connectivity index (χ1) is 21.7. The minimum atomic E-state index is -0.961. The zero-order valence-electron chi connectivity index (χ0n) is 27.0. The number of amides is 1. The Morgan fingerprint density at radius 2 is 1.96 bits per heavy atom. The molecule has 1 spiro atoms. The fourth-order valence-corrected chi connectivity index (χ4v) is 9.08. The maximum Gasteiger partial charge on any atom is 0.246 e. The number of nitrogens with zero attached hydrogens (tertiary/aromatic N) is 2. The van der Waals surface area contributed by atoms with Gasteiger partial charge in [-0.15, -0.1) is 0 Å². The van der Waals surface area contributed by atoms with Crippen LogP contribution in [-0.2, 0) is 23.1 Å². The molecule has 2 aliphatic heterocycles. The molecule has 45 heavy (non-hydrogen) atoms. The quantitative estimate of drug-likeness (QED) is 0.305. The third-order valence-corrected chi connectivity index (χ3v) is 11.0. The zero-order chi connectivity index (χ0) is 31.3. The molecule has 0 radical (unpaired) electrons. The molecule has 1 saturated carbocycles. The van der Waals surface area contributed by atoms with Crippen LogP contribution in [0.4, 0.5) is 0 Å². The molecule has 4 aliphatic rings. The van der Waals surface area contributed by atoms with Gasteiger partial charge in [0.15, 0.2) is 11.5 Å². The number of ether oxygens (including phenoxy) is 2. The molecular weight excluding hydrogens is 560 g/mol. The van der Waals surface area contributed by atoms with E-state index in [1.54, 1.807) is 13.2 Å². The van der Waals surface area contributed by atoms with Crippen LogP contribution in [0.1, 0.15) is 60.9 Å². The molecule has 1 amide bonds. The topological polar surface area (TPSA) is 62.2 Å². The van der Waals surface area contributed by atoms with Crippen molar-refractivity contribution in [2.75, 3.05) is 26.7 Å². The van der Waals surface area contributed by atoms with Gasteiger partial charge >= 0.3 is 0 Å². The lowest BCUT2D eigenvalue weighted by Gasteiger charge is -2.65. The molecule has 2 fully saturated rings. The van der Waals surface area contributed by atoms with Crippen molar-refractivity contribution < 1.29 is 19.4 Å². The lowest BCUT2D eigenvalue weighted by Crippen LogP contribution is -2.78. The average molecular weight is 607 g/mol. The molecule has 1 N–H and O–H groups in total. The molecular formula is C39H46N2O4. The Morgan fingerprint density at radius 3 is 2.71 bits per heavy atom. The molecule has 3 aromatic rings. The molecule has 0 aromatic heterocycles. The third kappa shape index (κ3) is 4.88. The van der Waals surface area contributed by atoms with Crippen LogP contribution in [-0.4, -0.2) is 71.3 Å². The second kappa shape index (κ2) is 11.6. The van der Waals surface area contributed by atoms with Crippen molar-refractivity contribution in [3.63, 3.8) is 0 Å². The van der Waals surface area contributed by atoms with E-state index in [1.807, 2.05) is 29.2 Å². The molecule has 2 heterocycles. The van der Waals surface area contributed by atoms with Gasteiger partial charge in [-0.25, -0.2) is 0 Å². The molecule has 2 bridgehead atoms. The van der Waals surface area contributed by atoms with E-state index in [1.165, 1.54) is 11.1 Å². The van der Waals surface area contributed by atoms with E-state index in [0.717, 1.165) is 54.8 Å². The molecule has 1 saturated heterocycles. The molecule has 236 valence electrons. The van der Waals surface area contributed by atoms with Crippen LogP contribution in [0.25, 0.3) is 6.08 Å². The third-order valence-electron chi connectivity index (χ3n) is 11.0. The van der Waals surface area contributed by atoms with Crippen molar-refractivity contribution in [1.29, 1.82) is 0 Å². The van der Waals surface area contributed by atoms with Crippen LogP contribution < -0.4 is 9.47 Å². The van der Waals surface area contributed by atoms with Crippen LogP contribution in [0, 0.1) is 12.8 Å². The summed E-state index contributed by atoms with van der Waals surface area (Å²) in [5.41, 5.74) is 4.31. The predicted molar refractivity (Wildman–Crippen MR) is 178 cm³/mol. The van der Waals surface area contributed by atoms with Gasteiger partial charge in [0.1, 0.15) is 6.10 Å². The van der Waals surface area contributed by atoms with Gasteiger partial charge in [0.05, 0.1) is 24.2 Å². The van der Waals surface area contributed by atoms with Gasteiger partial charge in [0.25, 0.3) is 0 Å². The number of rotatable bonds is 9. The zero-order valence-corrected chi connectivity index (χ0v) is 27.0. The summed E-state index contributed by atoms with van der Waals surface area (Å²) in [4.78, 5) is 18.7. The van der Waals surface area contributed by atoms with Crippen molar-refractivity contribution in [2.24, 2.45) is 5.92 Å². The second-order valence-electron chi connectivity index (χ2n) is 14.0. The minimum Gasteiger partial charge on any atom is -0.493 e. The number of benzene rings is 3. The first kappa shape index (κ1) is 30.1. The van der Waals surface area contributed by atoms with Crippen molar-refractivity contribution in [1.82, 2.24) is 9.80 Å². The summed E-state index contributed by atoms with van der Waals surface area (Å²) in [6.07, 6.45) is 7.13. The molecule has 2 aliphatic carbocycles. The van der Waals surface area contributed by atoms with E-state index in [-0.39, 0.29) is 30.0 Å². The van der Waals surface area contributed by atoms with E-state index < -0.39 is 11.0 Å². The summed E-state index contributed by atoms with van der Waals surface area (Å²) in [7, 11) is 1.69. The first-order valence-corrected chi connectivity index (χ1v) is 16.7. The first-order valence-electron chi connectivity index (χ1n) is 16.7. The molecule has 3 aromatic carbocycles. The fraction of sp³-hybridized carbons (Fsp3) is 0.462. The summed E-state index contributed by atoms with van der Waals surface area (Å²) in [5.74, 6) is 1.77. The lowest BCUT2D eigenvalue weighted by atomic mass is 9.48. The smallest absolute Gasteiger partial charge is 0.246 e.